The molecule has 1 N–H and O–H groups in total. The fraction of sp³-hybridized carbons (Fsp3) is 0.455. The maximum absolute atomic E-state index is 9.71. The number of tetrazole rings is 1. The van der Waals surface area contributed by atoms with E-state index in [4.69, 9.17) is 0 Å². The molecule has 0 aliphatic heterocycles. The van der Waals surface area contributed by atoms with Crippen LogP contribution < -0.4 is 0 Å². The Hall–Kier alpha value is -1.47. The van der Waals surface area contributed by atoms with E-state index in [2.05, 4.69) is 20.5 Å². The minimum absolute atomic E-state index is 0.432. The maximum Gasteiger partial charge on any atom is 0.215 e. The Kier molecular flexibility index (Phi) is 3.00. The van der Waals surface area contributed by atoms with Gasteiger partial charge in [0.2, 0.25) is 5.16 Å². The highest BCUT2D eigenvalue weighted by Gasteiger charge is 2.28. The zero-order valence-corrected chi connectivity index (χ0v) is 10.7. The van der Waals surface area contributed by atoms with E-state index in [-0.39, 0.29) is 0 Å². The van der Waals surface area contributed by atoms with Crippen LogP contribution in [0.15, 0.2) is 28.5 Å². The molecule has 0 aromatic carbocycles. The van der Waals surface area contributed by atoms with Crippen LogP contribution in [0, 0.1) is 0 Å². The average Bonchev–Trinajstić information content (AvgIpc) is 3.11. The normalized spacial score (nSPS) is 16.8. The molecule has 18 heavy (non-hydrogen) atoms. The number of nitrogens with zero attached hydrogens (tertiary/aromatic N) is 5. The summed E-state index contributed by atoms with van der Waals surface area (Å²) in [5, 5.41) is 22.9. The van der Waals surface area contributed by atoms with Crippen LogP contribution in [-0.2, 0) is 0 Å². The van der Waals surface area contributed by atoms with Gasteiger partial charge in [-0.25, -0.2) is 9.67 Å². The zero-order valence-electron chi connectivity index (χ0n) is 9.89. The van der Waals surface area contributed by atoms with Crippen LogP contribution in [-0.4, -0.2) is 30.3 Å². The molecular formula is C11H13N5OS. The van der Waals surface area contributed by atoms with E-state index in [0.717, 1.165) is 28.6 Å². The van der Waals surface area contributed by atoms with Gasteiger partial charge in [0.05, 0.1) is 12.1 Å². The number of aliphatic hydroxyl groups is 1. The molecule has 1 unspecified atom stereocenters. The molecule has 1 atom stereocenters. The molecule has 1 fully saturated rings. The second-order valence-electron chi connectivity index (χ2n) is 4.31. The summed E-state index contributed by atoms with van der Waals surface area (Å²) in [6.07, 6.45) is 3.42. The first-order chi connectivity index (χ1) is 8.75. The van der Waals surface area contributed by atoms with Crippen molar-refractivity contribution in [2.24, 2.45) is 0 Å². The molecule has 0 amide bonds. The maximum atomic E-state index is 9.71. The Morgan fingerprint density at radius 1 is 1.50 bits per heavy atom. The van der Waals surface area contributed by atoms with Crippen molar-refractivity contribution >= 4 is 11.8 Å². The number of hydrogen-bond donors (Lipinski definition) is 1. The standard InChI is InChI=1S/C11H13N5OS/c1-7(17)9-3-2-6-12-10(9)18-11-13-14-15-16(11)8-4-5-8/h2-3,6-8,17H,4-5H2,1H3. The molecule has 0 bridgehead atoms. The molecule has 2 aromatic rings. The summed E-state index contributed by atoms with van der Waals surface area (Å²) in [6.45, 7) is 1.73. The van der Waals surface area contributed by atoms with Crippen LogP contribution >= 0.6 is 11.8 Å². The summed E-state index contributed by atoms with van der Waals surface area (Å²) in [7, 11) is 0. The van der Waals surface area contributed by atoms with E-state index in [1.807, 2.05) is 16.8 Å². The van der Waals surface area contributed by atoms with Gasteiger partial charge in [-0.05, 0) is 48.0 Å². The number of aliphatic hydroxyl groups excluding tert-OH is 1. The van der Waals surface area contributed by atoms with Crippen LogP contribution in [0.3, 0.4) is 0 Å². The second kappa shape index (κ2) is 4.66. The Bertz CT molecular complexity index is 552. The molecule has 2 heterocycles. The molecule has 1 aliphatic rings. The Balaban J connectivity index is 1.89. The molecule has 0 saturated heterocycles. The molecule has 7 heteroatoms. The lowest BCUT2D eigenvalue weighted by molar-refractivity contribution is 0.195. The fourth-order valence-electron chi connectivity index (χ4n) is 1.69. The quantitative estimate of drug-likeness (QED) is 0.903. The predicted octanol–water partition coefficient (Wildman–Crippen LogP) is 1.61. The third kappa shape index (κ3) is 2.23. The van der Waals surface area contributed by atoms with Gasteiger partial charge >= 0.3 is 0 Å². The second-order valence-corrected chi connectivity index (χ2v) is 5.27. The van der Waals surface area contributed by atoms with Crippen molar-refractivity contribution in [3.8, 4) is 0 Å². The van der Waals surface area contributed by atoms with Gasteiger partial charge in [0.1, 0.15) is 5.03 Å². The Morgan fingerprint density at radius 3 is 3.06 bits per heavy atom. The SMILES string of the molecule is CC(O)c1cccnc1Sc1nnnn1C1CC1. The third-order valence-electron chi connectivity index (χ3n) is 2.79. The molecule has 1 aliphatic carbocycles. The molecule has 6 nitrogen and oxygen atoms in total. The third-order valence-corrected chi connectivity index (χ3v) is 3.78. The molecule has 2 aromatic heterocycles. The minimum atomic E-state index is -0.550. The van der Waals surface area contributed by atoms with E-state index in [1.165, 1.54) is 11.8 Å². The van der Waals surface area contributed by atoms with Crippen LogP contribution in [0.25, 0.3) is 0 Å². The van der Waals surface area contributed by atoms with Gasteiger partial charge in [-0.15, -0.1) is 5.10 Å². The van der Waals surface area contributed by atoms with Gasteiger partial charge in [0.15, 0.2) is 0 Å². The lowest BCUT2D eigenvalue weighted by Gasteiger charge is -2.09. The van der Waals surface area contributed by atoms with Crippen molar-refractivity contribution in [3.05, 3.63) is 23.9 Å². The van der Waals surface area contributed by atoms with Crippen LogP contribution in [0.1, 0.15) is 37.5 Å². The molecule has 94 valence electrons. The van der Waals surface area contributed by atoms with E-state index in [9.17, 15) is 5.11 Å². The fourth-order valence-corrected chi connectivity index (χ4v) is 2.69. The van der Waals surface area contributed by atoms with Gasteiger partial charge in [-0.2, -0.15) is 0 Å². The van der Waals surface area contributed by atoms with Crippen LogP contribution in [0.4, 0.5) is 0 Å². The molecule has 1 saturated carbocycles. The largest absolute Gasteiger partial charge is 0.389 e. The lowest BCUT2D eigenvalue weighted by Crippen LogP contribution is -2.01. The van der Waals surface area contributed by atoms with Crippen molar-refractivity contribution in [1.29, 1.82) is 0 Å². The topological polar surface area (TPSA) is 76.7 Å². The van der Waals surface area contributed by atoms with Crippen molar-refractivity contribution in [3.63, 3.8) is 0 Å². The lowest BCUT2D eigenvalue weighted by atomic mass is 10.2. The van der Waals surface area contributed by atoms with Crippen LogP contribution in [0.2, 0.25) is 0 Å². The summed E-state index contributed by atoms with van der Waals surface area (Å²) in [5.74, 6) is 0. The summed E-state index contributed by atoms with van der Waals surface area (Å²) < 4.78 is 1.84. The summed E-state index contributed by atoms with van der Waals surface area (Å²) in [6, 6.07) is 4.11. The molecular weight excluding hydrogens is 250 g/mol. The monoisotopic (exact) mass is 263 g/mol. The first-order valence-electron chi connectivity index (χ1n) is 5.84. The highest BCUT2D eigenvalue weighted by atomic mass is 32.2. The summed E-state index contributed by atoms with van der Waals surface area (Å²) in [4.78, 5) is 4.29. The van der Waals surface area contributed by atoms with Crippen LogP contribution in [0.5, 0.6) is 0 Å². The average molecular weight is 263 g/mol. The number of pyridine rings is 1. The molecule has 3 rings (SSSR count). The molecule has 0 spiro atoms. The van der Waals surface area contributed by atoms with Gasteiger partial charge in [-0.1, -0.05) is 6.07 Å². The van der Waals surface area contributed by atoms with E-state index >= 15 is 0 Å². The number of aromatic nitrogens is 5. The van der Waals surface area contributed by atoms with Gasteiger partial charge in [-0.3, -0.25) is 0 Å². The summed E-state index contributed by atoms with van der Waals surface area (Å²) in [5.41, 5.74) is 0.799. The minimum Gasteiger partial charge on any atom is -0.389 e. The number of hydrogen-bond acceptors (Lipinski definition) is 6. The predicted molar refractivity (Wildman–Crippen MR) is 65.1 cm³/mol. The Labute approximate surface area is 108 Å². The first-order valence-corrected chi connectivity index (χ1v) is 6.66. The van der Waals surface area contributed by atoms with Crippen molar-refractivity contribution in [2.75, 3.05) is 0 Å². The van der Waals surface area contributed by atoms with Crippen molar-refractivity contribution in [2.45, 2.75) is 42.1 Å². The highest BCUT2D eigenvalue weighted by Crippen LogP contribution is 2.38. The Morgan fingerprint density at radius 2 is 2.33 bits per heavy atom. The van der Waals surface area contributed by atoms with Gasteiger partial charge < -0.3 is 5.11 Å². The first kappa shape index (κ1) is 11.6. The zero-order chi connectivity index (χ0) is 12.5. The van der Waals surface area contributed by atoms with Gasteiger partial charge in [0, 0.05) is 11.8 Å². The summed E-state index contributed by atoms with van der Waals surface area (Å²) >= 11 is 1.40. The van der Waals surface area contributed by atoms with Gasteiger partial charge in [0.25, 0.3) is 0 Å². The van der Waals surface area contributed by atoms with E-state index in [1.54, 1.807) is 13.1 Å². The van der Waals surface area contributed by atoms with Crippen molar-refractivity contribution in [1.82, 2.24) is 25.2 Å². The molecule has 0 radical (unpaired) electrons. The smallest absolute Gasteiger partial charge is 0.215 e. The van der Waals surface area contributed by atoms with E-state index in [0.29, 0.717) is 6.04 Å². The van der Waals surface area contributed by atoms with E-state index < -0.39 is 6.10 Å². The number of rotatable bonds is 4. The highest BCUT2D eigenvalue weighted by molar-refractivity contribution is 7.99. The van der Waals surface area contributed by atoms with Crippen molar-refractivity contribution < 1.29 is 5.11 Å².